The Morgan fingerprint density at radius 1 is 1.20 bits per heavy atom. The van der Waals surface area contributed by atoms with Crippen molar-refractivity contribution in [3.05, 3.63) is 73.8 Å². The van der Waals surface area contributed by atoms with Gasteiger partial charge in [0.1, 0.15) is 15.8 Å². The molecule has 0 aromatic heterocycles. The Hall–Kier alpha value is -3.00. The molecule has 7 nitrogen and oxygen atoms in total. The molecule has 2 aromatic carbocycles. The second-order valence-electron chi connectivity index (χ2n) is 4.96. The molecule has 25 heavy (non-hydrogen) atoms. The van der Waals surface area contributed by atoms with Crippen molar-refractivity contribution in [2.45, 2.75) is 6.92 Å². The number of carbonyl (C=O) groups excluding carboxylic acids is 1. The molecule has 0 aliphatic rings. The van der Waals surface area contributed by atoms with Gasteiger partial charge in [-0.3, -0.25) is 10.1 Å². The van der Waals surface area contributed by atoms with E-state index in [1.165, 1.54) is 43.3 Å². The molecular formula is C17H12BrNO6. The summed E-state index contributed by atoms with van der Waals surface area (Å²) < 4.78 is 5.36. The number of rotatable bonds is 5. The van der Waals surface area contributed by atoms with Crippen molar-refractivity contribution >= 4 is 39.6 Å². The van der Waals surface area contributed by atoms with Gasteiger partial charge in [0.2, 0.25) is 0 Å². The summed E-state index contributed by atoms with van der Waals surface area (Å²) in [5.74, 6) is -2.05. The van der Waals surface area contributed by atoms with E-state index in [9.17, 15) is 19.7 Å². The number of ether oxygens (including phenoxy) is 1. The number of hydrogen-bond acceptors (Lipinski definition) is 5. The zero-order chi connectivity index (χ0) is 18.6. The molecule has 0 fully saturated rings. The van der Waals surface area contributed by atoms with Gasteiger partial charge in [-0.2, -0.15) is 0 Å². The lowest BCUT2D eigenvalue weighted by Gasteiger charge is -2.08. The molecule has 0 radical (unpaired) electrons. The van der Waals surface area contributed by atoms with Crippen LogP contribution in [0.1, 0.15) is 22.8 Å². The van der Waals surface area contributed by atoms with Gasteiger partial charge in [-0.1, -0.05) is 24.3 Å². The summed E-state index contributed by atoms with van der Waals surface area (Å²) in [5, 5.41) is 20.0. The molecule has 0 aliphatic carbocycles. The zero-order valence-electron chi connectivity index (χ0n) is 12.9. The van der Waals surface area contributed by atoms with Gasteiger partial charge in [0.05, 0.1) is 4.92 Å². The number of carboxylic acid groups (broad SMARTS) is 1. The summed E-state index contributed by atoms with van der Waals surface area (Å²) in [6.45, 7) is 1.47. The fourth-order valence-corrected chi connectivity index (χ4v) is 2.52. The molecule has 0 unspecified atom stereocenters. The lowest BCUT2D eigenvalue weighted by atomic mass is 10.1. The highest BCUT2D eigenvalue weighted by Gasteiger charge is 2.17. The molecule has 128 valence electrons. The number of benzene rings is 2. The number of halogens is 1. The second kappa shape index (κ2) is 7.71. The maximum atomic E-state index is 12.2. The highest BCUT2D eigenvalue weighted by Crippen LogP contribution is 2.30. The summed E-state index contributed by atoms with van der Waals surface area (Å²) in [6, 6.07) is 10.2. The summed E-state index contributed by atoms with van der Waals surface area (Å²) >= 11 is 3.14. The van der Waals surface area contributed by atoms with Crippen molar-refractivity contribution in [1.82, 2.24) is 0 Å². The van der Waals surface area contributed by atoms with Crippen molar-refractivity contribution < 1.29 is 24.4 Å². The molecule has 0 amide bonds. The maximum absolute atomic E-state index is 12.2. The van der Waals surface area contributed by atoms with Crippen LogP contribution in [0.15, 0.2) is 52.5 Å². The fourth-order valence-electron chi connectivity index (χ4n) is 1.99. The van der Waals surface area contributed by atoms with Gasteiger partial charge in [-0.15, -0.1) is 0 Å². The van der Waals surface area contributed by atoms with Crippen LogP contribution in [-0.4, -0.2) is 22.0 Å². The lowest BCUT2D eigenvalue weighted by molar-refractivity contribution is -0.385. The van der Waals surface area contributed by atoms with Crippen LogP contribution in [0, 0.1) is 10.1 Å². The quantitative estimate of drug-likeness (QED) is 0.264. The molecule has 0 bridgehead atoms. The molecule has 0 spiro atoms. The van der Waals surface area contributed by atoms with E-state index >= 15 is 0 Å². The van der Waals surface area contributed by atoms with E-state index in [-0.39, 0.29) is 27.0 Å². The topological polar surface area (TPSA) is 107 Å². The van der Waals surface area contributed by atoms with Gasteiger partial charge in [-0.25, -0.2) is 9.59 Å². The van der Waals surface area contributed by atoms with Crippen molar-refractivity contribution in [1.29, 1.82) is 0 Å². The van der Waals surface area contributed by atoms with Gasteiger partial charge in [0.25, 0.3) is 5.69 Å². The number of carbonyl (C=O) groups is 2. The van der Waals surface area contributed by atoms with Crippen LogP contribution < -0.4 is 4.74 Å². The Bertz CT molecular complexity index is 890. The lowest BCUT2D eigenvalue weighted by Crippen LogP contribution is -2.12. The summed E-state index contributed by atoms with van der Waals surface area (Å²) in [4.78, 5) is 33.7. The predicted octanol–water partition coefficient (Wildman–Crippen LogP) is 4.06. The third-order valence-corrected chi connectivity index (χ3v) is 4.08. The molecule has 1 N–H and O–H groups in total. The maximum Gasteiger partial charge on any atom is 0.339 e. The monoisotopic (exact) mass is 405 g/mol. The first kappa shape index (κ1) is 18.3. The van der Waals surface area contributed by atoms with Crippen molar-refractivity contribution in [2.24, 2.45) is 0 Å². The molecule has 8 heteroatoms. The third kappa shape index (κ3) is 4.30. The minimum absolute atomic E-state index is 0.0779. The minimum atomic E-state index is -1.22. The van der Waals surface area contributed by atoms with E-state index in [0.29, 0.717) is 5.56 Å². The molecule has 0 saturated carbocycles. The van der Waals surface area contributed by atoms with E-state index in [1.54, 1.807) is 12.1 Å². The van der Waals surface area contributed by atoms with Crippen molar-refractivity contribution in [2.75, 3.05) is 0 Å². The number of nitro groups is 1. The number of carboxylic acids is 1. The number of para-hydroxylation sites is 1. The summed E-state index contributed by atoms with van der Waals surface area (Å²) in [7, 11) is 0. The Kier molecular flexibility index (Phi) is 5.66. The van der Waals surface area contributed by atoms with E-state index < -0.39 is 16.9 Å². The van der Waals surface area contributed by atoms with Crippen LogP contribution in [0.2, 0.25) is 0 Å². The zero-order valence-corrected chi connectivity index (χ0v) is 14.5. The first-order valence-corrected chi connectivity index (χ1v) is 7.76. The molecule has 0 aliphatic heterocycles. The van der Waals surface area contributed by atoms with E-state index in [1.807, 2.05) is 0 Å². The van der Waals surface area contributed by atoms with E-state index in [0.717, 1.165) is 0 Å². The minimum Gasteiger partial charge on any atom is -0.478 e. The average molecular weight is 406 g/mol. The van der Waals surface area contributed by atoms with Crippen LogP contribution in [-0.2, 0) is 4.79 Å². The fraction of sp³-hybridized carbons (Fsp3) is 0.0588. The van der Waals surface area contributed by atoms with Crippen LogP contribution in [0.4, 0.5) is 5.69 Å². The summed E-state index contributed by atoms with van der Waals surface area (Å²) in [5.41, 5.74) is 0.308. The van der Waals surface area contributed by atoms with E-state index in [2.05, 4.69) is 15.9 Å². The molecular weight excluding hydrogens is 394 g/mol. The van der Waals surface area contributed by atoms with E-state index in [4.69, 9.17) is 9.84 Å². The predicted molar refractivity (Wildman–Crippen MR) is 93.5 cm³/mol. The number of nitrogens with zero attached hydrogens (tertiary/aromatic N) is 1. The smallest absolute Gasteiger partial charge is 0.339 e. The van der Waals surface area contributed by atoms with Gasteiger partial charge >= 0.3 is 11.9 Å². The van der Waals surface area contributed by atoms with Gasteiger partial charge in [0.15, 0.2) is 0 Å². The Morgan fingerprint density at radius 2 is 1.88 bits per heavy atom. The summed E-state index contributed by atoms with van der Waals surface area (Å²) in [6.07, 6.45) is 1.42. The first-order chi connectivity index (χ1) is 11.8. The molecule has 0 atom stereocenters. The van der Waals surface area contributed by atoms with Crippen molar-refractivity contribution in [3.8, 4) is 5.75 Å². The Morgan fingerprint density at radius 3 is 2.52 bits per heavy atom. The molecule has 0 heterocycles. The van der Waals surface area contributed by atoms with Crippen LogP contribution in [0.25, 0.3) is 6.08 Å². The number of nitro benzene ring substituents is 1. The Balaban J connectivity index is 2.30. The molecule has 2 rings (SSSR count). The number of aromatic carboxylic acids is 1. The van der Waals surface area contributed by atoms with Crippen LogP contribution in [0.3, 0.4) is 0 Å². The third-order valence-electron chi connectivity index (χ3n) is 3.22. The van der Waals surface area contributed by atoms with Gasteiger partial charge < -0.3 is 9.84 Å². The Labute approximate surface area is 150 Å². The average Bonchev–Trinajstić information content (AvgIpc) is 2.56. The number of hydrogen-bond donors (Lipinski definition) is 1. The largest absolute Gasteiger partial charge is 0.478 e. The highest BCUT2D eigenvalue weighted by atomic mass is 79.9. The molecule has 0 saturated heterocycles. The SMILES string of the molecule is CC(=Cc1cccc([N+](=O)[O-])c1Br)C(=O)Oc1ccccc1C(=O)O. The highest BCUT2D eigenvalue weighted by molar-refractivity contribution is 9.10. The normalized spacial score (nSPS) is 11.0. The van der Waals surface area contributed by atoms with Crippen LogP contribution >= 0.6 is 15.9 Å². The van der Waals surface area contributed by atoms with Crippen LogP contribution in [0.5, 0.6) is 5.75 Å². The second-order valence-corrected chi connectivity index (χ2v) is 5.75. The van der Waals surface area contributed by atoms with Gasteiger partial charge in [-0.05, 0) is 46.6 Å². The standard InChI is InChI=1S/C17H12BrNO6/c1-10(9-11-5-4-7-13(15(11)18)19(23)24)17(22)25-14-8-3-2-6-12(14)16(20)21/h2-9H,1H3,(H,20,21). The van der Waals surface area contributed by atoms with Crippen molar-refractivity contribution in [3.63, 3.8) is 0 Å². The van der Waals surface area contributed by atoms with Gasteiger partial charge in [0, 0.05) is 11.6 Å². The first-order valence-electron chi connectivity index (χ1n) is 6.97. The number of esters is 1. The molecule has 2 aromatic rings.